The maximum Gasteiger partial charge on any atom is 0.322 e. The molecule has 0 radical (unpaired) electrons. The lowest BCUT2D eigenvalue weighted by atomic mass is 10.2. The van der Waals surface area contributed by atoms with Gasteiger partial charge in [0.25, 0.3) is 0 Å². The van der Waals surface area contributed by atoms with Crippen molar-refractivity contribution in [2.24, 2.45) is 5.73 Å². The Labute approximate surface area is 80.8 Å². The molecule has 1 rings (SSSR count). The van der Waals surface area contributed by atoms with Crippen molar-refractivity contribution in [3.8, 4) is 0 Å². The first kappa shape index (κ1) is 9.73. The Morgan fingerprint density at radius 1 is 1.46 bits per heavy atom. The first-order valence-electron chi connectivity index (χ1n) is 3.71. The summed E-state index contributed by atoms with van der Waals surface area (Å²) in [6.45, 7) is 0. The molecular formula is C8H11N3OS. The van der Waals surface area contributed by atoms with Crippen molar-refractivity contribution >= 4 is 23.7 Å². The zero-order chi connectivity index (χ0) is 9.68. The van der Waals surface area contributed by atoms with Gasteiger partial charge in [0.05, 0.1) is 0 Å². The van der Waals surface area contributed by atoms with Gasteiger partial charge in [-0.1, -0.05) is 18.2 Å². The van der Waals surface area contributed by atoms with E-state index in [1.54, 1.807) is 0 Å². The van der Waals surface area contributed by atoms with Crippen LogP contribution in [-0.4, -0.2) is 6.03 Å². The van der Waals surface area contributed by atoms with Crippen LogP contribution in [0.2, 0.25) is 0 Å². The lowest BCUT2D eigenvalue weighted by Gasteiger charge is -2.03. The van der Waals surface area contributed by atoms with E-state index in [4.69, 9.17) is 11.5 Å². The van der Waals surface area contributed by atoms with E-state index < -0.39 is 6.03 Å². The van der Waals surface area contributed by atoms with Crippen molar-refractivity contribution < 1.29 is 4.79 Å². The van der Waals surface area contributed by atoms with E-state index in [1.807, 2.05) is 24.3 Å². The fourth-order valence-corrected chi connectivity index (χ4v) is 1.48. The molecule has 0 atom stereocenters. The summed E-state index contributed by atoms with van der Waals surface area (Å²) >= 11 is 1.22. The van der Waals surface area contributed by atoms with Gasteiger partial charge in [-0.15, -0.1) is 0 Å². The highest BCUT2D eigenvalue weighted by Gasteiger charge is 1.98. The smallest absolute Gasteiger partial charge is 0.322 e. The second kappa shape index (κ2) is 4.61. The predicted octanol–water partition coefficient (Wildman–Crippen LogP) is 1.09. The van der Waals surface area contributed by atoms with E-state index in [9.17, 15) is 4.79 Å². The maximum absolute atomic E-state index is 10.3. The number of primary amides is 1. The maximum atomic E-state index is 10.3. The minimum absolute atomic E-state index is 0.542. The number of urea groups is 1. The number of nitrogen functional groups attached to an aromatic ring is 1. The van der Waals surface area contributed by atoms with E-state index >= 15 is 0 Å². The fraction of sp³-hybridized carbons (Fsp3) is 0.125. The van der Waals surface area contributed by atoms with Gasteiger partial charge in [0.1, 0.15) is 0 Å². The summed E-state index contributed by atoms with van der Waals surface area (Å²) in [6.07, 6.45) is 0. The average molecular weight is 197 g/mol. The highest BCUT2D eigenvalue weighted by atomic mass is 32.2. The van der Waals surface area contributed by atoms with E-state index in [0.717, 1.165) is 11.3 Å². The second-order valence-electron chi connectivity index (χ2n) is 2.45. The summed E-state index contributed by atoms with van der Waals surface area (Å²) in [5.74, 6) is 0.621. The number of nitrogens with two attached hydrogens (primary N) is 2. The standard InChI is InChI=1S/C8H11N3OS/c9-7-4-2-1-3-6(7)5-13-11-8(10)12/h1-4H,5,9H2,(H3,10,11,12). The highest BCUT2D eigenvalue weighted by molar-refractivity contribution is 7.97. The molecule has 70 valence electrons. The molecule has 1 aromatic rings. The van der Waals surface area contributed by atoms with Gasteiger partial charge >= 0.3 is 6.03 Å². The van der Waals surface area contributed by atoms with E-state index in [2.05, 4.69) is 4.72 Å². The topological polar surface area (TPSA) is 81.1 Å². The number of nitrogens with one attached hydrogen (secondary N) is 1. The Balaban J connectivity index is 2.45. The number of carbonyl (C=O) groups is 1. The Kier molecular flexibility index (Phi) is 3.45. The molecule has 0 aliphatic rings. The van der Waals surface area contributed by atoms with Gasteiger partial charge in [-0.2, -0.15) is 0 Å². The van der Waals surface area contributed by atoms with E-state index in [-0.39, 0.29) is 0 Å². The van der Waals surface area contributed by atoms with Crippen molar-refractivity contribution in [2.75, 3.05) is 5.73 Å². The number of amides is 2. The van der Waals surface area contributed by atoms with Crippen LogP contribution in [0.1, 0.15) is 5.56 Å². The summed E-state index contributed by atoms with van der Waals surface area (Å²) in [5.41, 5.74) is 12.3. The van der Waals surface area contributed by atoms with Crippen LogP contribution in [0.5, 0.6) is 0 Å². The summed E-state index contributed by atoms with van der Waals surface area (Å²) < 4.78 is 2.42. The van der Waals surface area contributed by atoms with Gasteiger partial charge in [-0.05, 0) is 23.6 Å². The SMILES string of the molecule is NC(=O)NSCc1ccccc1N. The van der Waals surface area contributed by atoms with Gasteiger partial charge in [-0.3, -0.25) is 4.72 Å². The molecule has 0 saturated carbocycles. The summed E-state index contributed by atoms with van der Waals surface area (Å²) in [4.78, 5) is 10.3. The predicted molar refractivity (Wildman–Crippen MR) is 54.9 cm³/mol. The van der Waals surface area contributed by atoms with Crippen LogP contribution in [0.4, 0.5) is 10.5 Å². The molecule has 1 aromatic carbocycles. The van der Waals surface area contributed by atoms with Gasteiger partial charge < -0.3 is 11.5 Å². The Morgan fingerprint density at radius 3 is 2.77 bits per heavy atom. The number of para-hydroxylation sites is 1. The van der Waals surface area contributed by atoms with Gasteiger partial charge in [0.15, 0.2) is 0 Å². The monoisotopic (exact) mass is 197 g/mol. The van der Waals surface area contributed by atoms with E-state index in [1.165, 1.54) is 11.9 Å². The molecule has 0 aliphatic heterocycles. The van der Waals surface area contributed by atoms with Gasteiger partial charge in [0, 0.05) is 11.4 Å². The lowest BCUT2D eigenvalue weighted by molar-refractivity contribution is 0.254. The quantitative estimate of drug-likeness (QED) is 0.501. The molecule has 0 saturated heterocycles. The molecule has 0 aromatic heterocycles. The molecule has 5 N–H and O–H groups in total. The number of hydrogen-bond donors (Lipinski definition) is 3. The minimum atomic E-state index is -0.542. The molecule has 0 spiro atoms. The van der Waals surface area contributed by atoms with Crippen molar-refractivity contribution in [2.45, 2.75) is 5.75 Å². The number of anilines is 1. The molecular weight excluding hydrogens is 186 g/mol. The Hall–Kier alpha value is -1.36. The van der Waals surface area contributed by atoms with Crippen LogP contribution in [-0.2, 0) is 5.75 Å². The molecule has 0 aliphatic carbocycles. The number of hydrogen-bond acceptors (Lipinski definition) is 3. The highest BCUT2D eigenvalue weighted by Crippen LogP contribution is 2.15. The van der Waals surface area contributed by atoms with Crippen LogP contribution in [0.3, 0.4) is 0 Å². The fourth-order valence-electron chi connectivity index (χ4n) is 0.851. The van der Waals surface area contributed by atoms with Crippen molar-refractivity contribution in [1.29, 1.82) is 0 Å². The van der Waals surface area contributed by atoms with E-state index in [0.29, 0.717) is 5.75 Å². The van der Waals surface area contributed by atoms with Crippen LogP contribution < -0.4 is 16.2 Å². The Bertz CT molecular complexity index is 303. The minimum Gasteiger partial charge on any atom is -0.398 e. The molecule has 5 heteroatoms. The molecule has 0 unspecified atom stereocenters. The van der Waals surface area contributed by atoms with Crippen LogP contribution >= 0.6 is 11.9 Å². The van der Waals surface area contributed by atoms with Crippen molar-refractivity contribution in [3.05, 3.63) is 29.8 Å². The average Bonchev–Trinajstić information content (AvgIpc) is 2.08. The van der Waals surface area contributed by atoms with Crippen LogP contribution in [0, 0.1) is 0 Å². The molecule has 4 nitrogen and oxygen atoms in total. The molecule has 0 fully saturated rings. The van der Waals surface area contributed by atoms with Crippen LogP contribution in [0.25, 0.3) is 0 Å². The van der Waals surface area contributed by atoms with Gasteiger partial charge in [0.2, 0.25) is 0 Å². The number of carbonyl (C=O) groups excluding carboxylic acids is 1. The normalized spacial score (nSPS) is 9.54. The first-order valence-corrected chi connectivity index (χ1v) is 4.69. The van der Waals surface area contributed by atoms with Crippen molar-refractivity contribution in [3.63, 3.8) is 0 Å². The van der Waals surface area contributed by atoms with Crippen molar-refractivity contribution in [1.82, 2.24) is 4.72 Å². The third kappa shape index (κ3) is 3.25. The second-order valence-corrected chi connectivity index (χ2v) is 3.24. The molecule has 0 heterocycles. The molecule has 0 bridgehead atoms. The van der Waals surface area contributed by atoms with Crippen LogP contribution in [0.15, 0.2) is 24.3 Å². The number of benzene rings is 1. The largest absolute Gasteiger partial charge is 0.398 e. The third-order valence-electron chi connectivity index (χ3n) is 1.46. The third-order valence-corrected chi connectivity index (χ3v) is 2.26. The summed E-state index contributed by atoms with van der Waals surface area (Å²) in [7, 11) is 0. The molecule has 2 amide bonds. The summed E-state index contributed by atoms with van der Waals surface area (Å²) in [5, 5.41) is 0. The lowest BCUT2D eigenvalue weighted by Crippen LogP contribution is -2.23. The van der Waals surface area contributed by atoms with Gasteiger partial charge in [-0.25, -0.2) is 4.79 Å². The summed E-state index contributed by atoms with van der Waals surface area (Å²) in [6, 6.07) is 6.95. The zero-order valence-corrected chi connectivity index (χ0v) is 7.80. The molecule has 13 heavy (non-hydrogen) atoms. The zero-order valence-electron chi connectivity index (χ0n) is 6.99. The first-order chi connectivity index (χ1) is 6.20. The Morgan fingerprint density at radius 2 is 2.15 bits per heavy atom. The number of rotatable bonds is 3.